The van der Waals surface area contributed by atoms with Gasteiger partial charge in [0.2, 0.25) is 0 Å². The fraction of sp³-hybridized carbons (Fsp3) is 0.429. The van der Waals surface area contributed by atoms with Gasteiger partial charge in [0.1, 0.15) is 0 Å². The van der Waals surface area contributed by atoms with Crippen LogP contribution in [0.15, 0.2) is 24.5 Å². The first-order valence-electron chi connectivity index (χ1n) is 7.67. The second-order valence-corrected chi connectivity index (χ2v) is 5.90. The molecule has 2 saturated heterocycles. The van der Waals surface area contributed by atoms with Crippen LogP contribution >= 0.6 is 0 Å². The van der Waals surface area contributed by atoms with Crippen LogP contribution < -0.4 is 15.1 Å². The van der Waals surface area contributed by atoms with Crippen molar-refractivity contribution < 1.29 is 18.0 Å². The van der Waals surface area contributed by atoms with Crippen LogP contribution in [0.1, 0.15) is 11.7 Å². The summed E-state index contributed by atoms with van der Waals surface area (Å²) < 4.78 is 39.3. The molecule has 0 aliphatic carbocycles. The predicted octanol–water partition coefficient (Wildman–Crippen LogP) is 1.28. The first kappa shape index (κ1) is 15.7. The highest BCUT2D eigenvalue weighted by molar-refractivity contribution is 5.93. The molecule has 0 aromatic carbocycles. The Kier molecular flexibility index (Phi) is 3.51. The van der Waals surface area contributed by atoms with Gasteiger partial charge in [-0.25, -0.2) is 4.79 Å². The topological polar surface area (TPSA) is 79.2 Å². The number of nitrogens with one attached hydrogen (secondary N) is 1. The molecule has 2 fully saturated rings. The van der Waals surface area contributed by atoms with Crippen LogP contribution in [0.5, 0.6) is 0 Å². The highest BCUT2D eigenvalue weighted by Crippen LogP contribution is 2.30. The molecule has 0 radical (unpaired) electrons. The number of alkyl halides is 3. The van der Waals surface area contributed by atoms with E-state index in [2.05, 4.69) is 20.6 Å². The van der Waals surface area contributed by atoms with Crippen molar-refractivity contribution in [3.8, 4) is 0 Å². The molecule has 2 amide bonds. The quantitative estimate of drug-likeness (QED) is 0.899. The molecule has 2 aliphatic heterocycles. The molecule has 11 heteroatoms. The average molecular weight is 353 g/mol. The third kappa shape index (κ3) is 2.85. The standard InChI is InChI=1S/C14H14F3N7O/c15-14(16,17)11-1-2-12(21-20-11)22-6-10(7-22)24-8-9(5-19-24)23-4-3-18-13(23)25/h1-2,5,8,10H,3-4,6-7H2,(H,18,25). The largest absolute Gasteiger partial charge is 0.435 e. The number of nitrogens with zero attached hydrogens (tertiary/aromatic N) is 6. The van der Waals surface area contributed by atoms with Crippen molar-refractivity contribution in [2.75, 3.05) is 36.0 Å². The normalized spacial score (nSPS) is 18.4. The molecule has 132 valence electrons. The number of aromatic nitrogens is 4. The summed E-state index contributed by atoms with van der Waals surface area (Å²) in [5, 5.41) is 13.9. The summed E-state index contributed by atoms with van der Waals surface area (Å²) in [5.74, 6) is 0.399. The zero-order valence-corrected chi connectivity index (χ0v) is 12.9. The van der Waals surface area contributed by atoms with Crippen molar-refractivity contribution in [2.45, 2.75) is 12.2 Å². The van der Waals surface area contributed by atoms with Crippen molar-refractivity contribution in [3.05, 3.63) is 30.2 Å². The maximum atomic E-state index is 12.5. The van der Waals surface area contributed by atoms with E-state index in [9.17, 15) is 18.0 Å². The van der Waals surface area contributed by atoms with Gasteiger partial charge in [-0.15, -0.1) is 10.2 Å². The number of amides is 2. The minimum atomic E-state index is -4.49. The zero-order chi connectivity index (χ0) is 17.6. The second kappa shape index (κ2) is 5.60. The number of carbonyl (C=O) groups is 1. The first-order chi connectivity index (χ1) is 11.9. The molecule has 2 aliphatic rings. The average Bonchev–Trinajstić information content (AvgIpc) is 3.14. The van der Waals surface area contributed by atoms with Crippen LogP contribution in [0, 0.1) is 0 Å². The molecule has 25 heavy (non-hydrogen) atoms. The molecule has 0 bridgehead atoms. The number of halogens is 3. The molecule has 4 rings (SSSR count). The lowest BCUT2D eigenvalue weighted by atomic mass is 10.1. The van der Waals surface area contributed by atoms with E-state index in [-0.39, 0.29) is 12.1 Å². The molecule has 2 aromatic rings. The second-order valence-electron chi connectivity index (χ2n) is 5.90. The molecule has 2 aromatic heterocycles. The summed E-state index contributed by atoms with van der Waals surface area (Å²) in [5.41, 5.74) is -0.281. The Balaban J connectivity index is 1.39. The third-order valence-corrected chi connectivity index (χ3v) is 4.26. The molecule has 8 nitrogen and oxygen atoms in total. The van der Waals surface area contributed by atoms with Crippen LogP contribution in [0.2, 0.25) is 0 Å². The van der Waals surface area contributed by atoms with E-state index in [1.807, 2.05) is 4.90 Å². The number of urea groups is 1. The minimum Gasteiger partial charge on any atom is -0.351 e. The number of anilines is 2. The molecule has 0 spiro atoms. The maximum Gasteiger partial charge on any atom is 0.435 e. The summed E-state index contributed by atoms with van der Waals surface area (Å²) in [7, 11) is 0. The minimum absolute atomic E-state index is 0.0727. The van der Waals surface area contributed by atoms with Gasteiger partial charge in [-0.3, -0.25) is 9.58 Å². The smallest absolute Gasteiger partial charge is 0.351 e. The Hall–Kier alpha value is -2.85. The Labute approximate surface area is 140 Å². The van der Waals surface area contributed by atoms with Gasteiger partial charge < -0.3 is 10.2 Å². The van der Waals surface area contributed by atoms with Crippen molar-refractivity contribution in [2.24, 2.45) is 0 Å². The summed E-state index contributed by atoms with van der Waals surface area (Å²) >= 11 is 0. The lowest BCUT2D eigenvalue weighted by Crippen LogP contribution is -2.48. The molecule has 4 heterocycles. The van der Waals surface area contributed by atoms with Gasteiger partial charge >= 0.3 is 12.2 Å². The summed E-state index contributed by atoms with van der Waals surface area (Å²) in [4.78, 5) is 15.1. The molecule has 0 unspecified atom stereocenters. The molecular weight excluding hydrogens is 339 g/mol. The van der Waals surface area contributed by atoms with E-state index in [1.54, 1.807) is 22.0 Å². The van der Waals surface area contributed by atoms with E-state index in [0.29, 0.717) is 32.0 Å². The van der Waals surface area contributed by atoms with Crippen LogP contribution in [0.3, 0.4) is 0 Å². The van der Waals surface area contributed by atoms with Crippen molar-refractivity contribution in [1.29, 1.82) is 0 Å². The maximum absolute atomic E-state index is 12.5. The predicted molar refractivity (Wildman–Crippen MR) is 81.3 cm³/mol. The molecule has 0 saturated carbocycles. The SMILES string of the molecule is O=C1NCCN1c1cnn(C2CN(c3ccc(C(F)(F)F)nn3)C2)c1. The number of hydrogen-bond donors (Lipinski definition) is 1. The summed E-state index contributed by atoms with van der Waals surface area (Å²) in [6.45, 7) is 2.33. The van der Waals surface area contributed by atoms with Gasteiger partial charge in [0, 0.05) is 32.4 Å². The van der Waals surface area contributed by atoms with Gasteiger partial charge in [-0.1, -0.05) is 0 Å². The summed E-state index contributed by atoms with van der Waals surface area (Å²) in [6, 6.07) is 2.17. The van der Waals surface area contributed by atoms with Crippen LogP contribution in [-0.4, -0.2) is 52.2 Å². The van der Waals surface area contributed by atoms with Gasteiger partial charge in [0.25, 0.3) is 0 Å². The molecule has 0 atom stereocenters. The van der Waals surface area contributed by atoms with Gasteiger partial charge in [-0.2, -0.15) is 18.3 Å². The van der Waals surface area contributed by atoms with Crippen LogP contribution in [0.4, 0.5) is 29.5 Å². The van der Waals surface area contributed by atoms with E-state index >= 15 is 0 Å². The van der Waals surface area contributed by atoms with Crippen molar-refractivity contribution >= 4 is 17.5 Å². The van der Waals surface area contributed by atoms with Crippen molar-refractivity contribution in [3.63, 3.8) is 0 Å². The van der Waals surface area contributed by atoms with Gasteiger partial charge in [0.05, 0.1) is 17.9 Å². The Morgan fingerprint density at radius 3 is 2.60 bits per heavy atom. The molecule has 1 N–H and O–H groups in total. The fourth-order valence-electron chi connectivity index (χ4n) is 2.84. The number of rotatable bonds is 3. The number of hydrogen-bond acceptors (Lipinski definition) is 5. The van der Waals surface area contributed by atoms with Gasteiger partial charge in [-0.05, 0) is 12.1 Å². The highest BCUT2D eigenvalue weighted by Gasteiger charge is 2.35. The summed E-state index contributed by atoms with van der Waals surface area (Å²) in [6.07, 6.45) is -1.06. The van der Waals surface area contributed by atoms with Gasteiger partial charge in [0.15, 0.2) is 11.5 Å². The molecular formula is C14H14F3N7O. The van der Waals surface area contributed by atoms with E-state index in [4.69, 9.17) is 0 Å². The van der Waals surface area contributed by atoms with Crippen molar-refractivity contribution in [1.82, 2.24) is 25.3 Å². The third-order valence-electron chi connectivity index (χ3n) is 4.26. The fourth-order valence-corrected chi connectivity index (χ4v) is 2.84. The lowest BCUT2D eigenvalue weighted by Gasteiger charge is -2.39. The first-order valence-corrected chi connectivity index (χ1v) is 7.67. The monoisotopic (exact) mass is 353 g/mol. The number of carbonyl (C=O) groups excluding carboxylic acids is 1. The Bertz CT molecular complexity index is 782. The van der Waals surface area contributed by atoms with Crippen LogP contribution in [0.25, 0.3) is 0 Å². The van der Waals surface area contributed by atoms with E-state index in [0.717, 1.165) is 11.8 Å². The highest BCUT2D eigenvalue weighted by atomic mass is 19.4. The zero-order valence-electron chi connectivity index (χ0n) is 12.9. The Morgan fingerprint density at radius 2 is 2.00 bits per heavy atom. The van der Waals surface area contributed by atoms with E-state index < -0.39 is 11.9 Å². The van der Waals surface area contributed by atoms with Crippen LogP contribution in [-0.2, 0) is 6.18 Å². The van der Waals surface area contributed by atoms with E-state index in [1.165, 1.54) is 6.07 Å². The lowest BCUT2D eigenvalue weighted by molar-refractivity contribution is -0.141. The Morgan fingerprint density at radius 1 is 1.20 bits per heavy atom.